The van der Waals surface area contributed by atoms with Crippen LogP contribution in [0.1, 0.15) is 0 Å². The van der Waals surface area contributed by atoms with Crippen LogP contribution >= 0.6 is 0 Å². The third-order valence-electron chi connectivity index (χ3n) is 1.96. The van der Waals surface area contributed by atoms with E-state index in [9.17, 15) is 0 Å². The van der Waals surface area contributed by atoms with E-state index in [4.69, 9.17) is 10.6 Å². The summed E-state index contributed by atoms with van der Waals surface area (Å²) >= 11 is 0. The van der Waals surface area contributed by atoms with Gasteiger partial charge in [0.1, 0.15) is 12.2 Å². The lowest BCUT2D eigenvalue weighted by molar-refractivity contribution is 0.0533. The maximum atomic E-state index is 5.22. The molecule has 3 N–H and O–H groups in total. The molecular weight excluding hydrogens is 182 g/mol. The molecule has 0 unspecified atom stereocenters. The molecule has 1 saturated heterocycles. The zero-order valence-electron chi connectivity index (χ0n) is 8.44. The van der Waals surface area contributed by atoms with Gasteiger partial charge < -0.3 is 9.64 Å². The second kappa shape index (κ2) is 5.58. The summed E-state index contributed by atoms with van der Waals surface area (Å²) < 4.78 is 5.22. The molecule has 14 heavy (non-hydrogen) atoms. The van der Waals surface area contributed by atoms with E-state index in [2.05, 4.69) is 22.0 Å². The van der Waals surface area contributed by atoms with Crippen molar-refractivity contribution < 1.29 is 4.74 Å². The molecule has 0 aromatic rings. The second-order valence-electron chi connectivity index (χ2n) is 3.00. The van der Waals surface area contributed by atoms with Crippen molar-refractivity contribution in [1.82, 2.24) is 15.4 Å². The van der Waals surface area contributed by atoms with Gasteiger partial charge in [-0.3, -0.25) is 10.9 Å². The smallest absolute Gasteiger partial charge is 0.123 e. The van der Waals surface area contributed by atoms with Crippen molar-refractivity contribution in [3.05, 3.63) is 12.4 Å². The number of nitrogens with two attached hydrogens (primary N) is 1. The Kier molecular flexibility index (Phi) is 4.37. The van der Waals surface area contributed by atoms with Crippen LogP contribution in [0.15, 0.2) is 17.4 Å². The van der Waals surface area contributed by atoms with Crippen LogP contribution in [0.25, 0.3) is 0 Å². The van der Waals surface area contributed by atoms with Gasteiger partial charge in [0.05, 0.1) is 13.2 Å². The largest absolute Gasteiger partial charge is 0.378 e. The van der Waals surface area contributed by atoms with Gasteiger partial charge in [0.2, 0.25) is 0 Å². The minimum absolute atomic E-state index is 0.732. The molecule has 0 radical (unpaired) electrons. The number of aliphatic imine (C=N–C) groups is 1. The number of hydrogen-bond donors (Lipinski definition) is 2. The summed E-state index contributed by atoms with van der Waals surface area (Å²) in [5, 5.41) is 1.55. The number of hydrogen-bond acceptors (Lipinski definition) is 5. The molecule has 1 heterocycles. The van der Waals surface area contributed by atoms with Crippen LogP contribution < -0.4 is 11.4 Å². The maximum Gasteiger partial charge on any atom is 0.123 e. The Labute approximate surface area is 84.0 Å². The van der Waals surface area contributed by atoms with Crippen molar-refractivity contribution in [3.63, 3.8) is 0 Å². The van der Waals surface area contributed by atoms with Crippen molar-refractivity contribution in [2.24, 2.45) is 10.8 Å². The Bertz CT molecular complexity index is 212. The number of rotatable bonds is 4. The maximum absolute atomic E-state index is 5.22. The van der Waals surface area contributed by atoms with E-state index in [0.29, 0.717) is 0 Å². The van der Waals surface area contributed by atoms with Gasteiger partial charge in [0, 0.05) is 20.1 Å². The molecule has 0 aliphatic carbocycles. The molecule has 0 spiro atoms. The number of hydrazine groups is 2. The third kappa shape index (κ3) is 3.33. The van der Waals surface area contributed by atoms with E-state index >= 15 is 0 Å². The summed E-state index contributed by atoms with van der Waals surface area (Å²) in [6, 6.07) is 0. The molecular formula is C8H17N5O. The monoisotopic (exact) mass is 199 g/mol. The van der Waals surface area contributed by atoms with Crippen LogP contribution in [0.5, 0.6) is 0 Å². The zero-order chi connectivity index (χ0) is 10.4. The van der Waals surface area contributed by atoms with Gasteiger partial charge in [-0.25, -0.2) is 4.99 Å². The van der Waals surface area contributed by atoms with Gasteiger partial charge in [-0.15, -0.1) is 0 Å². The van der Waals surface area contributed by atoms with E-state index in [1.54, 1.807) is 18.4 Å². The number of nitrogens with zero attached hydrogens (tertiary/aromatic N) is 3. The van der Waals surface area contributed by atoms with Gasteiger partial charge in [0.25, 0.3) is 0 Å². The first-order valence-corrected chi connectivity index (χ1v) is 4.49. The van der Waals surface area contributed by atoms with Crippen LogP contribution in [0.4, 0.5) is 0 Å². The fourth-order valence-electron chi connectivity index (χ4n) is 1.09. The summed E-state index contributed by atoms with van der Waals surface area (Å²) in [5.41, 5.74) is 2.42. The minimum atomic E-state index is 0.732. The molecule has 80 valence electrons. The molecule has 1 aliphatic heterocycles. The fraction of sp³-hybridized carbons (Fsp3) is 0.625. The summed E-state index contributed by atoms with van der Waals surface area (Å²) in [5.74, 6) is 5.89. The number of ether oxygens (including phenoxy) is 1. The van der Waals surface area contributed by atoms with Crippen LogP contribution in [0.2, 0.25) is 0 Å². The average Bonchev–Trinajstić information content (AvgIpc) is 2.26. The normalized spacial score (nSPS) is 17.4. The predicted molar refractivity (Wildman–Crippen MR) is 55.1 cm³/mol. The number of morpholine rings is 1. The third-order valence-corrected chi connectivity index (χ3v) is 1.96. The Morgan fingerprint density at radius 1 is 1.64 bits per heavy atom. The lowest BCUT2D eigenvalue weighted by Crippen LogP contribution is -2.39. The standard InChI is InChI=1S/C8H17N5O/c1-8(10-7-12(2)11-9)13-3-5-14-6-4-13/h7,11H,1,3-6,9H2,2H3/b10-7-. The first kappa shape index (κ1) is 11.0. The Hall–Kier alpha value is -1.11. The lowest BCUT2D eigenvalue weighted by Gasteiger charge is -2.28. The Morgan fingerprint density at radius 3 is 2.86 bits per heavy atom. The van der Waals surface area contributed by atoms with E-state index < -0.39 is 0 Å². The quantitative estimate of drug-likeness (QED) is 0.267. The molecule has 0 aromatic heterocycles. The highest BCUT2D eigenvalue weighted by molar-refractivity contribution is 5.55. The first-order chi connectivity index (χ1) is 6.74. The van der Waals surface area contributed by atoms with Gasteiger partial charge in [0.15, 0.2) is 0 Å². The second-order valence-corrected chi connectivity index (χ2v) is 3.00. The van der Waals surface area contributed by atoms with Crippen molar-refractivity contribution in [3.8, 4) is 0 Å². The molecule has 1 fully saturated rings. The molecule has 0 aromatic carbocycles. The van der Waals surface area contributed by atoms with E-state index in [0.717, 1.165) is 32.1 Å². The van der Waals surface area contributed by atoms with Crippen molar-refractivity contribution in [2.75, 3.05) is 33.4 Å². The van der Waals surface area contributed by atoms with Crippen molar-refractivity contribution >= 4 is 6.34 Å². The Balaban J connectivity index is 2.36. The van der Waals surface area contributed by atoms with Gasteiger partial charge in [-0.2, -0.15) is 5.53 Å². The van der Waals surface area contributed by atoms with E-state index in [-0.39, 0.29) is 0 Å². The van der Waals surface area contributed by atoms with E-state index in [1.165, 1.54) is 0 Å². The summed E-state index contributed by atoms with van der Waals surface area (Å²) in [6.07, 6.45) is 1.58. The molecule has 6 heteroatoms. The van der Waals surface area contributed by atoms with Crippen LogP contribution in [-0.4, -0.2) is 49.6 Å². The molecule has 1 aliphatic rings. The topological polar surface area (TPSA) is 66.1 Å². The highest BCUT2D eigenvalue weighted by atomic mass is 16.5. The highest BCUT2D eigenvalue weighted by Gasteiger charge is 2.10. The van der Waals surface area contributed by atoms with Gasteiger partial charge >= 0.3 is 0 Å². The first-order valence-electron chi connectivity index (χ1n) is 4.49. The molecule has 6 nitrogen and oxygen atoms in total. The lowest BCUT2D eigenvalue weighted by atomic mass is 10.4. The minimum Gasteiger partial charge on any atom is -0.378 e. The summed E-state index contributed by atoms with van der Waals surface area (Å²) in [4.78, 5) is 6.23. The van der Waals surface area contributed by atoms with Crippen molar-refractivity contribution in [2.45, 2.75) is 0 Å². The summed E-state index contributed by atoms with van der Waals surface area (Å²) in [7, 11) is 1.76. The van der Waals surface area contributed by atoms with Crippen molar-refractivity contribution in [1.29, 1.82) is 0 Å². The molecule has 1 rings (SSSR count). The molecule has 0 atom stereocenters. The van der Waals surface area contributed by atoms with Gasteiger partial charge in [-0.05, 0) is 0 Å². The molecule has 0 amide bonds. The van der Waals surface area contributed by atoms with Crippen LogP contribution in [0, 0.1) is 0 Å². The van der Waals surface area contributed by atoms with Crippen LogP contribution in [-0.2, 0) is 4.74 Å². The van der Waals surface area contributed by atoms with E-state index in [1.807, 2.05) is 0 Å². The average molecular weight is 199 g/mol. The van der Waals surface area contributed by atoms with Gasteiger partial charge in [-0.1, -0.05) is 6.58 Å². The SMILES string of the molecule is C=C(/N=C\N(C)NN)N1CCOCC1. The molecule has 0 bridgehead atoms. The number of nitrogens with one attached hydrogen (secondary N) is 1. The highest BCUT2D eigenvalue weighted by Crippen LogP contribution is 2.05. The molecule has 0 saturated carbocycles. The fourth-order valence-corrected chi connectivity index (χ4v) is 1.09. The summed E-state index contributed by atoms with van der Waals surface area (Å²) in [6.45, 7) is 7.02. The predicted octanol–water partition coefficient (Wildman–Crippen LogP) is -0.872. The zero-order valence-corrected chi connectivity index (χ0v) is 8.44. The Morgan fingerprint density at radius 2 is 2.29 bits per heavy atom. The van der Waals surface area contributed by atoms with Crippen LogP contribution in [0.3, 0.4) is 0 Å².